The topological polar surface area (TPSA) is 82.8 Å². The molecule has 1 aliphatic rings. The van der Waals surface area contributed by atoms with Crippen LogP contribution in [0.15, 0.2) is 46.8 Å². The number of nitrogens with one attached hydrogen (secondary N) is 1. The zero-order valence-electron chi connectivity index (χ0n) is 20.3. The smallest absolute Gasteiger partial charge is 0.352 e. The quantitative estimate of drug-likeness (QED) is 0.330. The SMILES string of the molecule is C=NC(=NC=CC)c1c(C(=O)N2CCCC(C)C2CNc2ncc(C(F)(F)F)cn2)ccc(F)c1C. The van der Waals surface area contributed by atoms with Gasteiger partial charge in [0.15, 0.2) is 5.84 Å². The number of carbonyl (C=O) groups is 1. The third kappa shape index (κ3) is 5.95. The van der Waals surface area contributed by atoms with E-state index in [9.17, 15) is 22.4 Å². The minimum atomic E-state index is -4.53. The van der Waals surface area contributed by atoms with E-state index < -0.39 is 17.6 Å². The van der Waals surface area contributed by atoms with Crippen LogP contribution in [0.4, 0.5) is 23.5 Å². The minimum absolute atomic E-state index is 0.0307. The molecule has 7 nitrogen and oxygen atoms in total. The van der Waals surface area contributed by atoms with Crippen LogP contribution < -0.4 is 5.32 Å². The van der Waals surface area contributed by atoms with Gasteiger partial charge in [0, 0.05) is 37.2 Å². The molecule has 0 spiro atoms. The second-order valence-corrected chi connectivity index (χ2v) is 8.55. The van der Waals surface area contributed by atoms with Crippen molar-refractivity contribution in [3.63, 3.8) is 0 Å². The molecule has 11 heteroatoms. The number of aliphatic imine (C=N–C) groups is 2. The van der Waals surface area contributed by atoms with Crippen LogP contribution in [-0.4, -0.2) is 52.5 Å². The van der Waals surface area contributed by atoms with Crippen molar-refractivity contribution in [2.24, 2.45) is 15.9 Å². The number of hydrogen-bond donors (Lipinski definition) is 1. The molecule has 0 saturated carbocycles. The summed E-state index contributed by atoms with van der Waals surface area (Å²) in [4.78, 5) is 31.1. The molecule has 2 heterocycles. The van der Waals surface area contributed by atoms with Crippen LogP contribution in [0.5, 0.6) is 0 Å². The fourth-order valence-electron chi connectivity index (χ4n) is 4.21. The molecule has 2 atom stereocenters. The van der Waals surface area contributed by atoms with Crippen LogP contribution in [-0.2, 0) is 6.18 Å². The van der Waals surface area contributed by atoms with Crippen molar-refractivity contribution >= 4 is 24.4 Å². The third-order valence-corrected chi connectivity index (χ3v) is 6.17. The molecule has 1 amide bonds. The lowest BCUT2D eigenvalue weighted by Gasteiger charge is -2.40. The largest absolute Gasteiger partial charge is 0.419 e. The van der Waals surface area contributed by atoms with E-state index in [0.29, 0.717) is 18.9 Å². The zero-order valence-corrected chi connectivity index (χ0v) is 20.3. The Kier molecular flexibility index (Phi) is 8.54. The predicted octanol–water partition coefficient (Wildman–Crippen LogP) is 5.28. The van der Waals surface area contributed by atoms with Gasteiger partial charge in [-0.15, -0.1) is 0 Å². The average molecular weight is 505 g/mol. The van der Waals surface area contributed by atoms with E-state index in [0.717, 1.165) is 12.8 Å². The van der Waals surface area contributed by atoms with E-state index >= 15 is 0 Å². The number of alkyl halides is 3. The highest BCUT2D eigenvalue weighted by molar-refractivity contribution is 6.11. The fourth-order valence-corrected chi connectivity index (χ4v) is 4.21. The molecule has 1 saturated heterocycles. The van der Waals surface area contributed by atoms with Gasteiger partial charge in [-0.1, -0.05) is 13.0 Å². The summed E-state index contributed by atoms with van der Waals surface area (Å²) in [6.07, 6.45) is 1.70. The number of piperidine rings is 1. The molecule has 1 aliphatic heterocycles. The van der Waals surface area contributed by atoms with Crippen LogP contribution in [0.3, 0.4) is 0 Å². The van der Waals surface area contributed by atoms with E-state index in [4.69, 9.17) is 0 Å². The third-order valence-electron chi connectivity index (χ3n) is 6.17. The Labute approximate surface area is 207 Å². The van der Waals surface area contributed by atoms with Crippen LogP contribution in [0, 0.1) is 18.7 Å². The van der Waals surface area contributed by atoms with Crippen molar-refractivity contribution in [3.05, 3.63) is 64.9 Å². The highest BCUT2D eigenvalue weighted by atomic mass is 19.4. The normalized spacial score (nSPS) is 19.0. The van der Waals surface area contributed by atoms with Gasteiger partial charge in [0.1, 0.15) is 5.82 Å². The monoisotopic (exact) mass is 504 g/mol. The van der Waals surface area contributed by atoms with E-state index in [-0.39, 0.29) is 52.9 Å². The number of aromatic nitrogens is 2. The number of carbonyl (C=O) groups excluding carboxylic acids is 1. The van der Waals surface area contributed by atoms with Gasteiger partial charge in [-0.25, -0.2) is 24.3 Å². The maximum Gasteiger partial charge on any atom is 0.419 e. The van der Waals surface area contributed by atoms with E-state index in [1.807, 2.05) is 6.92 Å². The molecule has 1 aromatic carbocycles. The highest BCUT2D eigenvalue weighted by Gasteiger charge is 2.35. The molecule has 0 bridgehead atoms. The Hall–Kier alpha value is -3.63. The van der Waals surface area contributed by atoms with E-state index in [1.165, 1.54) is 18.3 Å². The van der Waals surface area contributed by atoms with Gasteiger partial charge in [0.05, 0.1) is 17.2 Å². The first-order chi connectivity index (χ1) is 17.1. The van der Waals surface area contributed by atoms with Crippen molar-refractivity contribution in [2.75, 3.05) is 18.4 Å². The first-order valence-electron chi connectivity index (χ1n) is 11.5. The molecule has 1 N–H and O–H groups in total. The summed E-state index contributed by atoms with van der Waals surface area (Å²) in [7, 11) is 0. The summed E-state index contributed by atoms with van der Waals surface area (Å²) in [5.74, 6) is -0.572. The molecule has 0 radical (unpaired) electrons. The van der Waals surface area contributed by atoms with Crippen molar-refractivity contribution in [1.29, 1.82) is 0 Å². The number of likely N-dealkylation sites (tertiary alicyclic amines) is 1. The summed E-state index contributed by atoms with van der Waals surface area (Å²) in [5.41, 5.74) is -0.200. The summed E-state index contributed by atoms with van der Waals surface area (Å²) >= 11 is 0. The predicted molar refractivity (Wildman–Crippen MR) is 131 cm³/mol. The number of amides is 1. The molecular weight excluding hydrogens is 476 g/mol. The second kappa shape index (κ2) is 11.4. The van der Waals surface area contributed by atoms with Gasteiger partial charge in [-0.2, -0.15) is 13.2 Å². The van der Waals surface area contributed by atoms with Crippen molar-refractivity contribution < 1.29 is 22.4 Å². The minimum Gasteiger partial charge on any atom is -0.352 e. The van der Waals surface area contributed by atoms with Crippen molar-refractivity contribution in [1.82, 2.24) is 14.9 Å². The van der Waals surface area contributed by atoms with Gasteiger partial charge in [-0.05, 0) is 57.0 Å². The summed E-state index contributed by atoms with van der Waals surface area (Å²) < 4.78 is 52.9. The van der Waals surface area contributed by atoms with Gasteiger partial charge in [0.25, 0.3) is 5.91 Å². The molecule has 1 aromatic heterocycles. The van der Waals surface area contributed by atoms with Crippen molar-refractivity contribution in [2.45, 2.75) is 45.8 Å². The van der Waals surface area contributed by atoms with Crippen LogP contribution >= 0.6 is 0 Å². The van der Waals surface area contributed by atoms with Crippen LogP contribution in [0.2, 0.25) is 0 Å². The summed E-state index contributed by atoms with van der Waals surface area (Å²) in [6, 6.07) is 2.35. The zero-order chi connectivity index (χ0) is 26.5. The lowest BCUT2D eigenvalue weighted by atomic mass is 9.89. The maximum atomic E-state index is 14.5. The van der Waals surface area contributed by atoms with Crippen molar-refractivity contribution in [3.8, 4) is 0 Å². The highest BCUT2D eigenvalue weighted by Crippen LogP contribution is 2.29. The fraction of sp³-hybridized carbons (Fsp3) is 0.400. The molecule has 2 aromatic rings. The standard InChI is InChI=1S/C25H28F4N6O/c1-5-10-31-22(30-4)21-16(3)19(26)9-8-18(21)23(36)35-11-6-7-15(2)20(35)14-34-24-32-12-17(13-33-24)25(27,28)29/h5,8-10,12-13,15,20H,4,6-7,11,14H2,1-3H3,(H,32,33,34). The van der Waals surface area contributed by atoms with Gasteiger partial charge >= 0.3 is 6.18 Å². The number of anilines is 1. The molecule has 0 aliphatic carbocycles. The molecule has 192 valence electrons. The second-order valence-electron chi connectivity index (χ2n) is 8.55. The number of hydrogen-bond acceptors (Lipinski definition) is 5. The number of amidine groups is 1. The van der Waals surface area contributed by atoms with Gasteiger partial charge in [-0.3, -0.25) is 4.79 Å². The van der Waals surface area contributed by atoms with Crippen LogP contribution in [0.1, 0.15) is 53.7 Å². The number of rotatable bonds is 6. The van der Waals surface area contributed by atoms with E-state index in [2.05, 4.69) is 32.0 Å². The molecule has 3 rings (SSSR count). The molecule has 36 heavy (non-hydrogen) atoms. The Morgan fingerprint density at radius 3 is 2.61 bits per heavy atom. The Balaban J connectivity index is 1.91. The maximum absolute atomic E-state index is 14.5. The first kappa shape index (κ1) is 27.0. The Morgan fingerprint density at radius 2 is 2.00 bits per heavy atom. The summed E-state index contributed by atoms with van der Waals surface area (Å²) in [6.45, 7) is 9.54. The Morgan fingerprint density at radius 1 is 1.31 bits per heavy atom. The van der Waals surface area contributed by atoms with E-state index in [1.54, 1.807) is 24.8 Å². The van der Waals surface area contributed by atoms with Crippen LogP contribution in [0.25, 0.3) is 0 Å². The van der Waals surface area contributed by atoms with Gasteiger partial charge < -0.3 is 10.2 Å². The number of allylic oxidation sites excluding steroid dienone is 1. The lowest BCUT2D eigenvalue weighted by Crippen LogP contribution is -2.51. The number of nitrogens with zero attached hydrogens (tertiary/aromatic N) is 5. The number of halogens is 4. The molecule has 2 unspecified atom stereocenters. The average Bonchev–Trinajstić information content (AvgIpc) is 2.85. The molecule has 1 fully saturated rings. The first-order valence-corrected chi connectivity index (χ1v) is 11.5. The molecular formula is C25H28F4N6O. The summed E-state index contributed by atoms with van der Waals surface area (Å²) in [5, 5.41) is 2.95. The Bertz CT molecular complexity index is 1160. The van der Waals surface area contributed by atoms with Gasteiger partial charge in [0.2, 0.25) is 5.95 Å². The lowest BCUT2D eigenvalue weighted by molar-refractivity contribution is -0.138. The number of benzene rings is 1.